The fourth-order valence-electron chi connectivity index (χ4n) is 12.5. The van der Waals surface area contributed by atoms with Gasteiger partial charge in [0.05, 0.1) is 6.26 Å². The van der Waals surface area contributed by atoms with E-state index in [0.717, 1.165) is 48.0 Å². The van der Waals surface area contributed by atoms with Crippen molar-refractivity contribution in [3.05, 3.63) is 313 Å². The van der Waals surface area contributed by atoms with Crippen LogP contribution in [0, 0.1) is 3.77 Å². The lowest BCUT2D eigenvalue weighted by molar-refractivity contribution is 0.585. The van der Waals surface area contributed by atoms with Gasteiger partial charge in [-0.1, -0.05) is 279 Å². The molecular formula is C80H51IO2. The zero-order valence-corrected chi connectivity index (χ0v) is 47.3. The van der Waals surface area contributed by atoms with Crippen LogP contribution >= 0.6 is 22.6 Å². The van der Waals surface area contributed by atoms with Crippen LogP contribution in [-0.2, 0) is 0 Å². The fraction of sp³-hybridized carbons (Fsp3) is 0. The molecule has 2 nitrogen and oxygen atoms in total. The molecule has 16 rings (SSSR count). The molecule has 0 spiro atoms. The van der Waals surface area contributed by atoms with E-state index in [1.165, 1.54) is 110 Å². The first-order valence-corrected chi connectivity index (χ1v) is 29.2. The largest absolute Gasteiger partial charge is 0.464 e. The van der Waals surface area contributed by atoms with Crippen LogP contribution in [0.5, 0.6) is 0 Å². The summed E-state index contributed by atoms with van der Waals surface area (Å²) in [5, 5.41) is 12.4. The van der Waals surface area contributed by atoms with Gasteiger partial charge in [0.1, 0.15) is 11.2 Å². The Morgan fingerprint density at radius 1 is 0.205 bits per heavy atom. The third-order valence-corrected chi connectivity index (χ3v) is 17.1. The number of hydrogen-bond acceptors (Lipinski definition) is 2. The molecule has 14 aromatic carbocycles. The Kier molecular flexibility index (Phi) is 12.9. The molecule has 0 aliphatic carbocycles. The molecule has 0 amide bonds. The lowest BCUT2D eigenvalue weighted by Gasteiger charge is -2.17. The molecule has 2 heterocycles. The summed E-state index contributed by atoms with van der Waals surface area (Å²) in [6.07, 6.45) is 1.88. The maximum absolute atomic E-state index is 6.22. The van der Waals surface area contributed by atoms with Gasteiger partial charge in [-0.3, -0.25) is 0 Å². The summed E-state index contributed by atoms with van der Waals surface area (Å²) in [5.41, 5.74) is 21.2. The number of furan rings is 2. The van der Waals surface area contributed by atoms with Gasteiger partial charge in [0.2, 0.25) is 0 Å². The highest BCUT2D eigenvalue weighted by molar-refractivity contribution is 14.1. The van der Waals surface area contributed by atoms with Crippen molar-refractivity contribution in [1.29, 1.82) is 0 Å². The van der Waals surface area contributed by atoms with Crippen LogP contribution in [-0.4, -0.2) is 0 Å². The zero-order chi connectivity index (χ0) is 55.2. The van der Waals surface area contributed by atoms with Crippen molar-refractivity contribution < 1.29 is 8.83 Å². The molecule has 83 heavy (non-hydrogen) atoms. The normalized spacial score (nSPS) is 11.4. The van der Waals surface area contributed by atoms with Crippen LogP contribution < -0.4 is 0 Å². The maximum atomic E-state index is 6.22. The van der Waals surface area contributed by atoms with Gasteiger partial charge in [-0.15, -0.1) is 0 Å². The molecule has 2 aromatic heterocycles. The molecule has 0 fully saturated rings. The van der Waals surface area contributed by atoms with E-state index < -0.39 is 0 Å². The van der Waals surface area contributed by atoms with Crippen LogP contribution in [0.1, 0.15) is 0 Å². The second-order valence-corrected chi connectivity index (χ2v) is 22.1. The molecule has 0 bridgehead atoms. The minimum atomic E-state index is 0.900. The first-order chi connectivity index (χ1) is 41.1. The smallest absolute Gasteiger partial charge is 0.172 e. The van der Waals surface area contributed by atoms with Crippen LogP contribution in [0.3, 0.4) is 0 Å². The Balaban J connectivity index is 0.000000142. The highest BCUT2D eigenvalue weighted by Crippen LogP contribution is 2.47. The van der Waals surface area contributed by atoms with E-state index >= 15 is 0 Å². The third kappa shape index (κ3) is 9.07. The van der Waals surface area contributed by atoms with Crippen molar-refractivity contribution in [3.8, 4) is 89.0 Å². The Labute approximate surface area is 495 Å². The molecule has 0 radical (unpaired) electrons. The third-order valence-electron chi connectivity index (χ3n) is 16.4. The second-order valence-electron chi connectivity index (χ2n) is 21.1. The monoisotopic (exact) mass is 1170 g/mol. The Morgan fingerprint density at radius 3 is 0.855 bits per heavy atom. The van der Waals surface area contributed by atoms with E-state index in [2.05, 4.69) is 326 Å². The minimum Gasteiger partial charge on any atom is -0.464 e. The number of rotatable bonds is 8. The quantitative estimate of drug-likeness (QED) is 0.112. The number of benzene rings is 14. The maximum Gasteiger partial charge on any atom is 0.172 e. The van der Waals surface area contributed by atoms with E-state index in [-0.39, 0.29) is 0 Å². The summed E-state index contributed by atoms with van der Waals surface area (Å²) in [6.45, 7) is 0. The molecule has 0 saturated carbocycles. The predicted molar refractivity (Wildman–Crippen MR) is 359 cm³/mol. The van der Waals surface area contributed by atoms with Crippen LogP contribution in [0.2, 0.25) is 0 Å². The zero-order valence-electron chi connectivity index (χ0n) is 45.1. The second kappa shape index (κ2) is 21.4. The Morgan fingerprint density at radius 2 is 0.482 bits per heavy atom. The lowest BCUT2D eigenvalue weighted by Crippen LogP contribution is -1.90. The van der Waals surface area contributed by atoms with Crippen molar-refractivity contribution in [1.82, 2.24) is 0 Å². The topological polar surface area (TPSA) is 26.3 Å². The van der Waals surface area contributed by atoms with E-state index in [9.17, 15) is 0 Å². The number of halogens is 1. The van der Waals surface area contributed by atoms with Gasteiger partial charge < -0.3 is 8.83 Å². The van der Waals surface area contributed by atoms with Crippen molar-refractivity contribution in [2.45, 2.75) is 0 Å². The standard InChI is InChI=1S/C40H25IO.C40H26O/c41-40-39(35-25-30(23-24-36(35)42-40)26-11-3-1-4-12-26)29-21-19-28(20-22-29)38-33-17-9-7-15-31(33)37(27-13-5-2-6-14-27)32-16-8-10-18-34(32)38;1-3-11-27(12-4-1)31-23-24-38-36(25-31)37(26-41-38)28-19-21-30(22-20-28)40-34-17-9-7-15-32(34)39(29-13-5-2-6-14-29)33-16-8-10-18-35(33)40/h1-25H;1-26H. The van der Waals surface area contributed by atoms with Gasteiger partial charge in [0.15, 0.2) is 3.77 Å². The molecule has 0 unspecified atom stereocenters. The summed E-state index contributed by atoms with van der Waals surface area (Å²) in [7, 11) is 0. The average Bonchev–Trinajstić information content (AvgIpc) is 3.55. The Hall–Kier alpha value is -10.1. The molecule has 0 N–H and O–H groups in total. The average molecular weight is 1170 g/mol. The predicted octanol–water partition coefficient (Wildman–Crippen LogP) is 23.4. The fourth-order valence-corrected chi connectivity index (χ4v) is 13.4. The summed E-state index contributed by atoms with van der Waals surface area (Å²) in [4.78, 5) is 0. The molecule has 0 atom stereocenters. The highest BCUT2D eigenvalue weighted by atomic mass is 127. The Bertz CT molecular complexity index is 4930. The summed E-state index contributed by atoms with van der Waals surface area (Å²) < 4.78 is 13.1. The van der Waals surface area contributed by atoms with E-state index in [1.54, 1.807) is 0 Å². The molecule has 0 saturated heterocycles. The van der Waals surface area contributed by atoms with Gasteiger partial charge in [0, 0.05) is 44.5 Å². The van der Waals surface area contributed by atoms with Crippen molar-refractivity contribution in [3.63, 3.8) is 0 Å². The van der Waals surface area contributed by atoms with Crippen LogP contribution in [0.4, 0.5) is 0 Å². The van der Waals surface area contributed by atoms with Gasteiger partial charge in [0.25, 0.3) is 0 Å². The van der Waals surface area contributed by atoms with Crippen LogP contribution in [0.15, 0.2) is 318 Å². The molecule has 3 heteroatoms. The highest BCUT2D eigenvalue weighted by Gasteiger charge is 2.21. The van der Waals surface area contributed by atoms with E-state index in [4.69, 9.17) is 8.83 Å². The first kappa shape index (κ1) is 49.9. The molecule has 16 aromatic rings. The molecule has 390 valence electrons. The summed E-state index contributed by atoms with van der Waals surface area (Å²) in [5.74, 6) is 0. The van der Waals surface area contributed by atoms with E-state index in [0.29, 0.717) is 0 Å². The van der Waals surface area contributed by atoms with Gasteiger partial charge in [-0.2, -0.15) is 0 Å². The van der Waals surface area contributed by atoms with Crippen molar-refractivity contribution in [2.75, 3.05) is 0 Å². The minimum absolute atomic E-state index is 0.900. The summed E-state index contributed by atoms with van der Waals surface area (Å²) >= 11 is 2.33. The van der Waals surface area contributed by atoms with Crippen molar-refractivity contribution in [2.24, 2.45) is 0 Å². The molecule has 0 aliphatic rings. The number of hydrogen-bond donors (Lipinski definition) is 0. The SMILES string of the molecule is Ic1oc2ccc(-c3ccccc3)cc2c1-c1ccc(-c2c3ccccc3c(-c3ccccc3)c3ccccc23)cc1.c1ccc(-c2ccc3occ(-c4ccc(-c5c6ccccc6c(-c6ccccc6)c6ccccc56)cc4)c3c2)cc1. The first-order valence-electron chi connectivity index (χ1n) is 28.1. The number of fused-ring (bicyclic) bond motifs is 6. The van der Waals surface area contributed by atoms with Gasteiger partial charge in [-0.25, -0.2) is 0 Å². The lowest BCUT2D eigenvalue weighted by atomic mass is 9.86. The van der Waals surface area contributed by atoms with Crippen LogP contribution in [0.25, 0.3) is 154 Å². The van der Waals surface area contributed by atoms with Gasteiger partial charge in [-0.05, 0) is 145 Å². The summed E-state index contributed by atoms with van der Waals surface area (Å²) in [6, 6.07) is 109. The van der Waals surface area contributed by atoms with Gasteiger partial charge >= 0.3 is 0 Å². The van der Waals surface area contributed by atoms with Crippen molar-refractivity contribution >= 4 is 87.6 Å². The molecule has 0 aliphatic heterocycles. The molecular weight excluding hydrogens is 1120 g/mol. The van der Waals surface area contributed by atoms with E-state index in [1.807, 2.05) is 6.26 Å².